The fraction of sp³-hybridized carbons (Fsp3) is 0.312. The summed E-state index contributed by atoms with van der Waals surface area (Å²) in [5.41, 5.74) is 1.15. The van der Waals surface area contributed by atoms with Crippen molar-refractivity contribution in [2.24, 2.45) is 5.92 Å². The van der Waals surface area contributed by atoms with Gasteiger partial charge in [0.25, 0.3) is 10.1 Å². The number of pyridine rings is 1. The van der Waals surface area contributed by atoms with Crippen LogP contribution in [0, 0.1) is 5.92 Å². The molecule has 1 aromatic carbocycles. The van der Waals surface area contributed by atoms with E-state index in [0.717, 1.165) is 29.9 Å². The van der Waals surface area contributed by atoms with Gasteiger partial charge in [0, 0.05) is 46.9 Å². The van der Waals surface area contributed by atoms with Crippen molar-refractivity contribution < 1.29 is 12.6 Å². The van der Waals surface area contributed by atoms with E-state index in [-0.39, 0.29) is 12.5 Å². The fourth-order valence-electron chi connectivity index (χ4n) is 2.37. The Bertz CT molecular complexity index is 743. The zero-order chi connectivity index (χ0) is 16.3. The summed E-state index contributed by atoms with van der Waals surface area (Å²) in [7, 11) is -3.34. The van der Waals surface area contributed by atoms with Crippen molar-refractivity contribution in [2.45, 2.75) is 9.79 Å². The number of anilines is 1. The number of nitrogens with zero attached hydrogens (tertiary/aromatic N) is 2. The summed E-state index contributed by atoms with van der Waals surface area (Å²) < 4.78 is 26.8. The molecular formula is C16H18N2O3S2. The van der Waals surface area contributed by atoms with Crippen molar-refractivity contribution in [2.75, 3.05) is 30.9 Å². The van der Waals surface area contributed by atoms with Crippen molar-refractivity contribution in [3.63, 3.8) is 0 Å². The first kappa shape index (κ1) is 16.3. The van der Waals surface area contributed by atoms with E-state index in [2.05, 4.69) is 34.1 Å². The lowest BCUT2D eigenvalue weighted by molar-refractivity contribution is 0.228. The molecule has 1 aromatic heterocycles. The highest BCUT2D eigenvalue weighted by Gasteiger charge is 2.28. The Morgan fingerprint density at radius 3 is 2.35 bits per heavy atom. The van der Waals surface area contributed by atoms with Gasteiger partial charge in [-0.15, -0.1) is 0 Å². The standard InChI is InChI=1S/C16H18N2O3S2/c1-23(19,20)21-12-13-10-18(11-13)14-2-4-15(5-3-14)22-16-6-8-17-9-7-16/h2-9,13H,10-12H2,1H3. The third-order valence-corrected chi connectivity index (χ3v) is 5.14. The summed E-state index contributed by atoms with van der Waals surface area (Å²) in [5.74, 6) is 0.274. The van der Waals surface area contributed by atoms with Gasteiger partial charge in [0.15, 0.2) is 0 Å². The second-order valence-corrected chi connectivity index (χ2v) is 8.33. The molecule has 2 aromatic rings. The van der Waals surface area contributed by atoms with Crippen molar-refractivity contribution in [1.82, 2.24) is 4.98 Å². The summed E-state index contributed by atoms with van der Waals surface area (Å²) in [4.78, 5) is 8.57. The molecular weight excluding hydrogens is 332 g/mol. The summed E-state index contributed by atoms with van der Waals surface area (Å²) >= 11 is 1.70. The van der Waals surface area contributed by atoms with E-state index in [0.29, 0.717) is 0 Å². The van der Waals surface area contributed by atoms with Gasteiger partial charge < -0.3 is 4.90 Å². The van der Waals surface area contributed by atoms with Gasteiger partial charge in [0.2, 0.25) is 0 Å². The third-order valence-electron chi connectivity index (χ3n) is 3.56. The number of rotatable bonds is 6. The molecule has 0 atom stereocenters. The Kier molecular flexibility index (Phi) is 4.89. The van der Waals surface area contributed by atoms with Crippen LogP contribution in [-0.2, 0) is 14.3 Å². The Morgan fingerprint density at radius 2 is 1.74 bits per heavy atom. The highest BCUT2D eigenvalue weighted by molar-refractivity contribution is 7.99. The summed E-state index contributed by atoms with van der Waals surface area (Å²) in [5, 5.41) is 0. The largest absolute Gasteiger partial charge is 0.371 e. The summed E-state index contributed by atoms with van der Waals surface area (Å²) in [6.07, 6.45) is 4.66. The molecule has 122 valence electrons. The molecule has 1 fully saturated rings. The van der Waals surface area contributed by atoms with Gasteiger partial charge in [-0.25, -0.2) is 0 Å². The highest BCUT2D eigenvalue weighted by Crippen LogP contribution is 2.31. The molecule has 2 heterocycles. The molecule has 1 saturated heterocycles. The Hall–Kier alpha value is -1.57. The fourth-order valence-corrected chi connectivity index (χ4v) is 3.62. The van der Waals surface area contributed by atoms with Crippen LogP contribution in [0.5, 0.6) is 0 Å². The second kappa shape index (κ2) is 6.90. The zero-order valence-corrected chi connectivity index (χ0v) is 14.4. The molecule has 0 amide bonds. The molecule has 0 N–H and O–H groups in total. The van der Waals surface area contributed by atoms with Crippen molar-refractivity contribution in [3.05, 3.63) is 48.8 Å². The molecule has 1 aliphatic heterocycles. The quantitative estimate of drug-likeness (QED) is 0.747. The summed E-state index contributed by atoms with van der Waals surface area (Å²) in [6.45, 7) is 1.92. The molecule has 5 nitrogen and oxygen atoms in total. The van der Waals surface area contributed by atoms with E-state index in [1.807, 2.05) is 12.1 Å². The van der Waals surface area contributed by atoms with E-state index in [1.54, 1.807) is 24.2 Å². The van der Waals surface area contributed by atoms with E-state index in [1.165, 1.54) is 4.90 Å². The van der Waals surface area contributed by atoms with Crippen LogP contribution in [0.1, 0.15) is 0 Å². The lowest BCUT2D eigenvalue weighted by Gasteiger charge is -2.40. The van der Waals surface area contributed by atoms with Crippen LogP contribution in [-0.4, -0.2) is 39.4 Å². The first-order valence-corrected chi connectivity index (χ1v) is 9.90. The van der Waals surface area contributed by atoms with Crippen molar-refractivity contribution >= 4 is 27.6 Å². The van der Waals surface area contributed by atoms with Gasteiger partial charge in [0.1, 0.15) is 0 Å². The molecule has 0 aliphatic carbocycles. The van der Waals surface area contributed by atoms with Gasteiger partial charge in [-0.3, -0.25) is 9.17 Å². The molecule has 7 heteroatoms. The Labute approximate surface area is 140 Å². The highest BCUT2D eigenvalue weighted by atomic mass is 32.2. The normalized spacial score (nSPS) is 15.4. The smallest absolute Gasteiger partial charge is 0.264 e. The SMILES string of the molecule is CS(=O)(=O)OCC1CN(c2ccc(Sc3ccncc3)cc2)C1. The molecule has 0 unspecified atom stereocenters. The van der Waals surface area contributed by atoms with Gasteiger partial charge >= 0.3 is 0 Å². The Balaban J connectivity index is 1.51. The van der Waals surface area contributed by atoms with Crippen LogP contribution in [0.15, 0.2) is 58.6 Å². The second-order valence-electron chi connectivity index (χ2n) is 5.54. The maximum absolute atomic E-state index is 11.0. The van der Waals surface area contributed by atoms with E-state index >= 15 is 0 Å². The zero-order valence-electron chi connectivity index (χ0n) is 12.8. The van der Waals surface area contributed by atoms with Crippen molar-refractivity contribution in [1.29, 1.82) is 0 Å². The van der Waals surface area contributed by atoms with Gasteiger partial charge in [-0.1, -0.05) is 11.8 Å². The van der Waals surface area contributed by atoms with Crippen LogP contribution in [0.2, 0.25) is 0 Å². The van der Waals surface area contributed by atoms with Gasteiger partial charge in [-0.05, 0) is 36.4 Å². The molecule has 23 heavy (non-hydrogen) atoms. The van der Waals surface area contributed by atoms with E-state index in [4.69, 9.17) is 4.18 Å². The topological polar surface area (TPSA) is 59.5 Å². The molecule has 0 radical (unpaired) electrons. The van der Waals surface area contributed by atoms with Gasteiger partial charge in [-0.2, -0.15) is 8.42 Å². The summed E-state index contributed by atoms with van der Waals surface area (Å²) in [6, 6.07) is 12.4. The third kappa shape index (κ3) is 4.70. The van der Waals surface area contributed by atoms with Crippen molar-refractivity contribution in [3.8, 4) is 0 Å². The minimum absolute atomic E-state index is 0.269. The van der Waals surface area contributed by atoms with Gasteiger partial charge in [0.05, 0.1) is 12.9 Å². The Morgan fingerprint density at radius 1 is 1.13 bits per heavy atom. The number of hydrogen-bond donors (Lipinski definition) is 0. The number of hydrogen-bond acceptors (Lipinski definition) is 6. The maximum Gasteiger partial charge on any atom is 0.264 e. The number of benzene rings is 1. The first-order valence-electron chi connectivity index (χ1n) is 7.27. The minimum Gasteiger partial charge on any atom is -0.371 e. The van der Waals surface area contributed by atoms with Crippen LogP contribution in [0.3, 0.4) is 0 Å². The maximum atomic E-state index is 11.0. The first-order chi connectivity index (χ1) is 11.0. The molecule has 1 aliphatic rings. The lowest BCUT2D eigenvalue weighted by Crippen LogP contribution is -2.49. The average molecular weight is 350 g/mol. The minimum atomic E-state index is -3.34. The molecule has 0 bridgehead atoms. The van der Waals surface area contributed by atoms with Crippen LogP contribution in [0.4, 0.5) is 5.69 Å². The predicted octanol–water partition coefficient (Wildman–Crippen LogP) is 2.65. The lowest BCUT2D eigenvalue weighted by atomic mass is 10.0. The average Bonchev–Trinajstić information content (AvgIpc) is 2.47. The van der Waals surface area contributed by atoms with Crippen LogP contribution in [0.25, 0.3) is 0 Å². The molecule has 0 spiro atoms. The van der Waals surface area contributed by atoms with Crippen LogP contribution < -0.4 is 4.90 Å². The predicted molar refractivity (Wildman–Crippen MR) is 91.3 cm³/mol. The molecule has 0 saturated carbocycles. The monoisotopic (exact) mass is 350 g/mol. The number of aromatic nitrogens is 1. The van der Waals surface area contributed by atoms with E-state index < -0.39 is 10.1 Å². The molecule has 3 rings (SSSR count). The van der Waals surface area contributed by atoms with E-state index in [9.17, 15) is 8.42 Å². The van der Waals surface area contributed by atoms with Crippen LogP contribution >= 0.6 is 11.8 Å².